The third-order valence-electron chi connectivity index (χ3n) is 3.52. The number of hydrogen-bond acceptors (Lipinski definition) is 4. The van der Waals surface area contributed by atoms with Crippen molar-refractivity contribution < 1.29 is 9.13 Å². The SMILES string of the molecule is CCc1nc(CCNC(=NC)NCC(C)Oc2ccccc2F)cs1.I. The van der Waals surface area contributed by atoms with Crippen LogP contribution in [0.25, 0.3) is 0 Å². The second kappa shape index (κ2) is 12.1. The van der Waals surface area contributed by atoms with Crippen LogP contribution in [0.3, 0.4) is 0 Å². The molecule has 0 amide bonds. The Kier molecular flexibility index (Phi) is 10.5. The number of para-hydroxylation sites is 1. The van der Waals surface area contributed by atoms with E-state index in [0.29, 0.717) is 12.5 Å². The number of rotatable bonds is 8. The Balaban J connectivity index is 0.00000338. The second-order valence-corrected chi connectivity index (χ2v) is 6.52. The summed E-state index contributed by atoms with van der Waals surface area (Å²) in [6.07, 6.45) is 1.63. The van der Waals surface area contributed by atoms with Crippen molar-refractivity contribution in [1.82, 2.24) is 15.6 Å². The molecule has 0 aliphatic rings. The lowest BCUT2D eigenvalue weighted by molar-refractivity contribution is 0.214. The normalized spacial score (nSPS) is 12.2. The van der Waals surface area contributed by atoms with Gasteiger partial charge in [-0.3, -0.25) is 4.99 Å². The predicted molar refractivity (Wildman–Crippen MR) is 116 cm³/mol. The zero-order chi connectivity index (χ0) is 18.1. The van der Waals surface area contributed by atoms with Gasteiger partial charge in [-0.25, -0.2) is 9.37 Å². The maximum atomic E-state index is 13.6. The number of nitrogens with one attached hydrogen (secondary N) is 2. The number of thiazole rings is 1. The Bertz CT molecular complexity index is 695. The third kappa shape index (κ3) is 7.45. The molecule has 1 heterocycles. The first-order valence-electron chi connectivity index (χ1n) is 8.41. The van der Waals surface area contributed by atoms with Gasteiger partial charge in [0, 0.05) is 25.4 Å². The molecule has 2 N–H and O–H groups in total. The van der Waals surface area contributed by atoms with Gasteiger partial charge in [0.05, 0.1) is 17.2 Å². The van der Waals surface area contributed by atoms with Gasteiger partial charge in [0.15, 0.2) is 17.5 Å². The number of ether oxygens (including phenoxy) is 1. The van der Waals surface area contributed by atoms with Gasteiger partial charge in [-0.15, -0.1) is 35.3 Å². The fraction of sp³-hybridized carbons (Fsp3) is 0.444. The van der Waals surface area contributed by atoms with Crippen LogP contribution < -0.4 is 15.4 Å². The highest BCUT2D eigenvalue weighted by Crippen LogP contribution is 2.16. The summed E-state index contributed by atoms with van der Waals surface area (Å²) in [4.78, 5) is 8.73. The van der Waals surface area contributed by atoms with Crippen molar-refractivity contribution in [3.05, 3.63) is 46.2 Å². The summed E-state index contributed by atoms with van der Waals surface area (Å²) < 4.78 is 19.2. The van der Waals surface area contributed by atoms with E-state index in [1.54, 1.807) is 36.6 Å². The summed E-state index contributed by atoms with van der Waals surface area (Å²) in [6.45, 7) is 5.26. The average Bonchev–Trinajstić information content (AvgIpc) is 3.08. The van der Waals surface area contributed by atoms with Crippen molar-refractivity contribution in [2.75, 3.05) is 20.1 Å². The van der Waals surface area contributed by atoms with Gasteiger partial charge in [-0.2, -0.15) is 0 Å². The second-order valence-electron chi connectivity index (χ2n) is 5.57. The van der Waals surface area contributed by atoms with Crippen LogP contribution in [0.4, 0.5) is 4.39 Å². The molecule has 0 aliphatic carbocycles. The lowest BCUT2D eigenvalue weighted by Gasteiger charge is -2.18. The van der Waals surface area contributed by atoms with E-state index in [1.165, 1.54) is 6.07 Å². The Hall–Kier alpha value is -1.42. The van der Waals surface area contributed by atoms with Crippen molar-refractivity contribution in [1.29, 1.82) is 0 Å². The minimum absolute atomic E-state index is 0. The molecule has 0 aliphatic heterocycles. The number of aromatic nitrogens is 1. The first-order chi connectivity index (χ1) is 12.1. The highest BCUT2D eigenvalue weighted by atomic mass is 127. The minimum Gasteiger partial charge on any atom is -0.486 e. The lowest BCUT2D eigenvalue weighted by Crippen LogP contribution is -2.42. The molecular formula is C18H26FIN4OS. The molecule has 1 aromatic carbocycles. The van der Waals surface area contributed by atoms with Crippen molar-refractivity contribution in [3.63, 3.8) is 0 Å². The van der Waals surface area contributed by atoms with Gasteiger partial charge in [0.2, 0.25) is 0 Å². The van der Waals surface area contributed by atoms with Crippen LogP contribution in [0, 0.1) is 5.82 Å². The van der Waals surface area contributed by atoms with E-state index >= 15 is 0 Å². The highest BCUT2D eigenvalue weighted by molar-refractivity contribution is 14.0. The number of benzene rings is 1. The fourth-order valence-corrected chi connectivity index (χ4v) is 2.97. The van der Waals surface area contributed by atoms with E-state index in [2.05, 4.69) is 32.9 Å². The number of aryl methyl sites for hydroxylation is 1. The van der Waals surface area contributed by atoms with Gasteiger partial charge in [0.1, 0.15) is 6.10 Å². The smallest absolute Gasteiger partial charge is 0.191 e. The van der Waals surface area contributed by atoms with Crippen molar-refractivity contribution in [2.45, 2.75) is 32.8 Å². The maximum absolute atomic E-state index is 13.6. The molecule has 0 fully saturated rings. The van der Waals surface area contributed by atoms with Gasteiger partial charge >= 0.3 is 0 Å². The Morgan fingerprint density at radius 1 is 1.35 bits per heavy atom. The number of nitrogens with zero attached hydrogens (tertiary/aromatic N) is 2. The van der Waals surface area contributed by atoms with Crippen LogP contribution in [0.5, 0.6) is 5.75 Å². The van der Waals surface area contributed by atoms with Crippen molar-refractivity contribution in [2.24, 2.45) is 4.99 Å². The van der Waals surface area contributed by atoms with Gasteiger partial charge < -0.3 is 15.4 Å². The zero-order valence-electron chi connectivity index (χ0n) is 15.3. The minimum atomic E-state index is -0.355. The number of halogens is 2. The Morgan fingerprint density at radius 3 is 2.77 bits per heavy atom. The predicted octanol–water partition coefficient (Wildman–Crippen LogP) is 3.64. The van der Waals surface area contributed by atoms with Crippen LogP contribution in [-0.2, 0) is 12.8 Å². The molecular weight excluding hydrogens is 466 g/mol. The molecule has 1 aromatic heterocycles. The molecule has 2 rings (SSSR count). The monoisotopic (exact) mass is 492 g/mol. The summed E-state index contributed by atoms with van der Waals surface area (Å²) in [5.74, 6) is 0.594. The lowest BCUT2D eigenvalue weighted by atomic mass is 10.3. The van der Waals surface area contributed by atoms with Gasteiger partial charge in [-0.1, -0.05) is 19.1 Å². The molecule has 0 bridgehead atoms. The van der Waals surface area contributed by atoms with E-state index in [9.17, 15) is 4.39 Å². The summed E-state index contributed by atoms with van der Waals surface area (Å²) in [6, 6.07) is 6.40. The van der Waals surface area contributed by atoms with Gasteiger partial charge in [0.25, 0.3) is 0 Å². The maximum Gasteiger partial charge on any atom is 0.191 e. The van der Waals surface area contributed by atoms with Crippen LogP contribution in [-0.4, -0.2) is 37.2 Å². The summed E-state index contributed by atoms with van der Waals surface area (Å²) >= 11 is 1.70. The highest BCUT2D eigenvalue weighted by Gasteiger charge is 2.09. The Labute approximate surface area is 175 Å². The van der Waals surface area contributed by atoms with E-state index in [1.807, 2.05) is 6.92 Å². The molecule has 144 valence electrons. The summed E-state index contributed by atoms with van der Waals surface area (Å²) in [5.41, 5.74) is 1.10. The first-order valence-corrected chi connectivity index (χ1v) is 9.29. The average molecular weight is 492 g/mol. The molecule has 0 saturated heterocycles. The standard InChI is InChI=1S/C18H25FN4OS.HI/c1-4-17-23-14(12-25-17)9-10-21-18(20-3)22-11-13(2)24-16-8-6-5-7-15(16)19;/h5-8,12-13H,4,9-11H2,1-3H3,(H2,20,21,22);1H. The molecule has 0 spiro atoms. The molecule has 2 aromatic rings. The van der Waals surface area contributed by atoms with E-state index in [-0.39, 0.29) is 41.6 Å². The quantitative estimate of drug-likeness (QED) is 0.336. The molecule has 26 heavy (non-hydrogen) atoms. The third-order valence-corrected chi connectivity index (χ3v) is 4.56. The largest absolute Gasteiger partial charge is 0.486 e. The van der Waals surface area contributed by atoms with Crippen LogP contribution in [0.15, 0.2) is 34.6 Å². The molecule has 5 nitrogen and oxygen atoms in total. The molecule has 1 unspecified atom stereocenters. The number of hydrogen-bond donors (Lipinski definition) is 2. The number of guanidine groups is 1. The Morgan fingerprint density at radius 2 is 2.12 bits per heavy atom. The van der Waals surface area contributed by atoms with E-state index in [4.69, 9.17) is 4.74 Å². The van der Waals surface area contributed by atoms with Crippen molar-refractivity contribution in [3.8, 4) is 5.75 Å². The fourth-order valence-electron chi connectivity index (χ4n) is 2.19. The molecule has 0 radical (unpaired) electrons. The first kappa shape index (κ1) is 22.6. The number of aliphatic imine (C=N–C) groups is 1. The molecule has 0 saturated carbocycles. The van der Waals surface area contributed by atoms with Crippen LogP contribution in [0.2, 0.25) is 0 Å². The van der Waals surface area contributed by atoms with Crippen molar-refractivity contribution >= 4 is 41.3 Å². The summed E-state index contributed by atoms with van der Waals surface area (Å²) in [5, 5.41) is 9.70. The van der Waals surface area contributed by atoms with Crippen LogP contribution >= 0.6 is 35.3 Å². The van der Waals surface area contributed by atoms with E-state index < -0.39 is 0 Å². The van der Waals surface area contributed by atoms with E-state index in [0.717, 1.165) is 30.1 Å². The topological polar surface area (TPSA) is 58.5 Å². The summed E-state index contributed by atoms with van der Waals surface area (Å²) in [7, 11) is 1.72. The van der Waals surface area contributed by atoms with Gasteiger partial charge in [-0.05, 0) is 25.5 Å². The van der Waals surface area contributed by atoms with Crippen LogP contribution in [0.1, 0.15) is 24.5 Å². The molecule has 8 heteroatoms. The molecule has 1 atom stereocenters. The zero-order valence-corrected chi connectivity index (χ0v) is 18.4.